The maximum absolute atomic E-state index is 9.38. The summed E-state index contributed by atoms with van der Waals surface area (Å²) in [6, 6.07) is -0.0582. The van der Waals surface area contributed by atoms with Gasteiger partial charge in [-0.3, -0.25) is 0 Å². The molecule has 0 saturated carbocycles. The molecular formula is C6H13NO3. The van der Waals surface area contributed by atoms with E-state index in [9.17, 15) is 5.11 Å². The molecule has 1 rings (SSSR count). The summed E-state index contributed by atoms with van der Waals surface area (Å²) in [6.07, 6.45) is 0.431. The second-order valence-electron chi connectivity index (χ2n) is 2.85. The van der Waals surface area contributed by atoms with Crippen LogP contribution in [0, 0.1) is 0 Å². The van der Waals surface area contributed by atoms with Crippen LogP contribution in [-0.2, 0) is 0 Å². The van der Waals surface area contributed by atoms with E-state index in [4.69, 9.17) is 10.2 Å². The first-order valence-corrected chi connectivity index (χ1v) is 3.38. The van der Waals surface area contributed by atoms with Crippen molar-refractivity contribution >= 4 is 0 Å². The van der Waals surface area contributed by atoms with Gasteiger partial charge in [0.2, 0.25) is 0 Å². The molecule has 1 fully saturated rings. The third kappa shape index (κ3) is 1.46. The summed E-state index contributed by atoms with van der Waals surface area (Å²) in [4.78, 5) is 0. The highest BCUT2D eigenvalue weighted by atomic mass is 16.3. The Morgan fingerprint density at radius 2 is 2.20 bits per heavy atom. The fraction of sp³-hybridized carbons (Fsp3) is 1.00. The van der Waals surface area contributed by atoms with E-state index < -0.39 is 5.60 Å². The van der Waals surface area contributed by atoms with Crippen LogP contribution in [0.25, 0.3) is 0 Å². The minimum Gasteiger partial charge on any atom is -0.395 e. The molecule has 2 atom stereocenters. The van der Waals surface area contributed by atoms with E-state index in [2.05, 4.69) is 5.32 Å². The Bertz CT molecular complexity index is 120. The van der Waals surface area contributed by atoms with Crippen LogP contribution in [0.15, 0.2) is 0 Å². The zero-order valence-electron chi connectivity index (χ0n) is 5.75. The maximum atomic E-state index is 9.38. The molecule has 60 valence electrons. The summed E-state index contributed by atoms with van der Waals surface area (Å²) in [6.45, 7) is 0.146. The first kappa shape index (κ1) is 7.94. The Kier molecular flexibility index (Phi) is 2.25. The van der Waals surface area contributed by atoms with E-state index in [0.29, 0.717) is 13.0 Å². The summed E-state index contributed by atoms with van der Waals surface area (Å²) in [5, 5.41) is 29.6. The highest BCUT2D eigenvalue weighted by Gasteiger charge is 2.35. The quantitative estimate of drug-likeness (QED) is 0.367. The van der Waals surface area contributed by atoms with Gasteiger partial charge in [-0.1, -0.05) is 0 Å². The summed E-state index contributed by atoms with van der Waals surface area (Å²) >= 11 is 0. The van der Waals surface area contributed by atoms with Crippen molar-refractivity contribution in [1.82, 2.24) is 5.32 Å². The highest BCUT2D eigenvalue weighted by Crippen LogP contribution is 2.17. The van der Waals surface area contributed by atoms with Crippen LogP contribution < -0.4 is 5.32 Å². The largest absolute Gasteiger partial charge is 0.395 e. The summed E-state index contributed by atoms with van der Waals surface area (Å²) < 4.78 is 0. The molecule has 0 aliphatic carbocycles. The lowest BCUT2D eigenvalue weighted by molar-refractivity contribution is -0.0000174. The van der Waals surface area contributed by atoms with Crippen molar-refractivity contribution in [1.29, 1.82) is 0 Å². The first-order chi connectivity index (χ1) is 4.70. The monoisotopic (exact) mass is 147 g/mol. The van der Waals surface area contributed by atoms with E-state index in [1.165, 1.54) is 0 Å². The van der Waals surface area contributed by atoms with Crippen LogP contribution in [0.3, 0.4) is 0 Å². The van der Waals surface area contributed by atoms with Gasteiger partial charge in [-0.2, -0.15) is 0 Å². The van der Waals surface area contributed by atoms with Crippen molar-refractivity contribution in [2.24, 2.45) is 0 Å². The standard InChI is InChI=1S/C6H13NO3/c8-2-5-1-6(10,4-9)3-7-5/h5,7-10H,1-4H2. The normalized spacial score (nSPS) is 40.5. The molecule has 0 radical (unpaired) electrons. The molecule has 0 spiro atoms. The van der Waals surface area contributed by atoms with Crippen molar-refractivity contribution in [3.8, 4) is 0 Å². The molecule has 4 heteroatoms. The van der Waals surface area contributed by atoms with Gasteiger partial charge in [-0.05, 0) is 6.42 Å². The van der Waals surface area contributed by atoms with Gasteiger partial charge in [-0.15, -0.1) is 0 Å². The Morgan fingerprint density at radius 1 is 1.50 bits per heavy atom. The smallest absolute Gasteiger partial charge is 0.102 e. The number of rotatable bonds is 2. The average Bonchev–Trinajstić information content (AvgIpc) is 2.33. The molecular weight excluding hydrogens is 134 g/mol. The third-order valence-electron chi connectivity index (χ3n) is 1.86. The van der Waals surface area contributed by atoms with Gasteiger partial charge < -0.3 is 20.6 Å². The summed E-state index contributed by atoms with van der Waals surface area (Å²) in [5.74, 6) is 0. The molecule has 1 saturated heterocycles. The second-order valence-corrected chi connectivity index (χ2v) is 2.85. The Morgan fingerprint density at radius 3 is 2.50 bits per heavy atom. The van der Waals surface area contributed by atoms with Gasteiger partial charge in [0.1, 0.15) is 5.60 Å². The lowest BCUT2D eigenvalue weighted by atomic mass is 10.0. The molecule has 4 nitrogen and oxygen atoms in total. The van der Waals surface area contributed by atoms with Crippen molar-refractivity contribution in [3.63, 3.8) is 0 Å². The van der Waals surface area contributed by atoms with Crippen LogP contribution in [0.2, 0.25) is 0 Å². The number of hydrogen-bond donors (Lipinski definition) is 4. The number of β-amino-alcohol motifs (C(OH)–C–C–N with tert-alkyl or cyclic N) is 1. The Balaban J connectivity index is 2.41. The molecule has 1 aliphatic rings. The molecule has 0 aromatic rings. The first-order valence-electron chi connectivity index (χ1n) is 3.38. The topological polar surface area (TPSA) is 72.7 Å². The van der Waals surface area contributed by atoms with Gasteiger partial charge in [-0.25, -0.2) is 0 Å². The molecule has 1 heterocycles. The predicted octanol–water partition coefficient (Wildman–Crippen LogP) is -1.94. The Hall–Kier alpha value is -0.160. The molecule has 0 aromatic carbocycles. The van der Waals surface area contributed by atoms with Crippen LogP contribution in [0.1, 0.15) is 6.42 Å². The van der Waals surface area contributed by atoms with E-state index in [0.717, 1.165) is 0 Å². The number of aliphatic hydroxyl groups excluding tert-OH is 2. The van der Waals surface area contributed by atoms with E-state index >= 15 is 0 Å². The minimum absolute atomic E-state index is 0.0162. The molecule has 0 aromatic heterocycles. The lowest BCUT2D eigenvalue weighted by Gasteiger charge is -2.17. The fourth-order valence-electron chi connectivity index (χ4n) is 1.19. The zero-order valence-corrected chi connectivity index (χ0v) is 5.75. The molecule has 4 N–H and O–H groups in total. The van der Waals surface area contributed by atoms with Crippen LogP contribution in [0.5, 0.6) is 0 Å². The number of nitrogens with one attached hydrogen (secondary N) is 1. The van der Waals surface area contributed by atoms with Crippen molar-refractivity contribution < 1.29 is 15.3 Å². The number of hydrogen-bond acceptors (Lipinski definition) is 4. The highest BCUT2D eigenvalue weighted by molar-refractivity contribution is 4.93. The van der Waals surface area contributed by atoms with Crippen LogP contribution in [-0.4, -0.2) is 46.7 Å². The van der Waals surface area contributed by atoms with E-state index in [1.807, 2.05) is 0 Å². The van der Waals surface area contributed by atoms with Crippen molar-refractivity contribution in [2.75, 3.05) is 19.8 Å². The molecule has 0 bridgehead atoms. The van der Waals surface area contributed by atoms with Gasteiger partial charge in [0.15, 0.2) is 0 Å². The second kappa shape index (κ2) is 2.84. The van der Waals surface area contributed by atoms with E-state index in [-0.39, 0.29) is 19.3 Å². The van der Waals surface area contributed by atoms with Gasteiger partial charge in [0.25, 0.3) is 0 Å². The number of aliphatic hydroxyl groups is 3. The lowest BCUT2D eigenvalue weighted by Crippen LogP contribution is -2.35. The van der Waals surface area contributed by atoms with Gasteiger partial charge in [0.05, 0.1) is 13.2 Å². The van der Waals surface area contributed by atoms with Crippen molar-refractivity contribution in [2.45, 2.75) is 18.1 Å². The van der Waals surface area contributed by atoms with Crippen LogP contribution in [0.4, 0.5) is 0 Å². The van der Waals surface area contributed by atoms with Gasteiger partial charge in [0, 0.05) is 12.6 Å². The van der Waals surface area contributed by atoms with E-state index in [1.54, 1.807) is 0 Å². The third-order valence-corrected chi connectivity index (χ3v) is 1.86. The minimum atomic E-state index is -1.01. The Labute approximate surface area is 59.5 Å². The fourth-order valence-corrected chi connectivity index (χ4v) is 1.19. The SMILES string of the molecule is OCC1CC(O)(CO)CN1. The molecule has 0 amide bonds. The summed E-state index contributed by atoms with van der Waals surface area (Å²) in [7, 11) is 0. The molecule has 10 heavy (non-hydrogen) atoms. The maximum Gasteiger partial charge on any atom is 0.102 e. The molecule has 2 unspecified atom stereocenters. The van der Waals surface area contributed by atoms with Gasteiger partial charge >= 0.3 is 0 Å². The average molecular weight is 147 g/mol. The molecule has 1 aliphatic heterocycles. The van der Waals surface area contributed by atoms with Crippen molar-refractivity contribution in [3.05, 3.63) is 0 Å². The summed E-state index contributed by atoms with van der Waals surface area (Å²) in [5.41, 5.74) is -1.01. The zero-order chi connectivity index (χ0) is 7.61. The van der Waals surface area contributed by atoms with Crippen LogP contribution >= 0.6 is 0 Å². The predicted molar refractivity (Wildman–Crippen MR) is 35.5 cm³/mol.